The fourth-order valence-corrected chi connectivity index (χ4v) is 3.27. The van der Waals surface area contributed by atoms with E-state index in [1.165, 1.54) is 6.07 Å². The Morgan fingerprint density at radius 2 is 2.00 bits per heavy atom. The van der Waals surface area contributed by atoms with E-state index in [0.29, 0.717) is 18.3 Å². The first kappa shape index (κ1) is 17.1. The molecule has 0 radical (unpaired) electrons. The number of carbonyl (C=O) groups is 1. The summed E-state index contributed by atoms with van der Waals surface area (Å²) in [5.41, 5.74) is 6.74. The Morgan fingerprint density at radius 1 is 1.25 bits per heavy atom. The predicted molar refractivity (Wildman–Crippen MR) is 92.2 cm³/mol. The van der Waals surface area contributed by atoms with Crippen LogP contribution in [0, 0.1) is 5.82 Å². The van der Waals surface area contributed by atoms with E-state index in [4.69, 9.17) is 0 Å². The Morgan fingerprint density at radius 3 is 2.67 bits per heavy atom. The van der Waals surface area contributed by atoms with Crippen molar-refractivity contribution in [3.63, 3.8) is 0 Å². The summed E-state index contributed by atoms with van der Waals surface area (Å²) in [7, 11) is 0. The molecule has 2 saturated heterocycles. The molecule has 6 nitrogen and oxygen atoms in total. The maximum Gasteiger partial charge on any atom is 0.238 e. The number of nitrogens with zero attached hydrogens (tertiary/aromatic N) is 2. The van der Waals surface area contributed by atoms with Gasteiger partial charge in [0.2, 0.25) is 5.91 Å². The van der Waals surface area contributed by atoms with Gasteiger partial charge >= 0.3 is 0 Å². The van der Waals surface area contributed by atoms with Crippen LogP contribution in [0.4, 0.5) is 10.1 Å². The summed E-state index contributed by atoms with van der Waals surface area (Å²) in [5.74, 6) is -0.109. The van der Waals surface area contributed by atoms with Crippen LogP contribution < -0.4 is 21.1 Å². The highest BCUT2D eigenvalue weighted by molar-refractivity contribution is 5.82. The van der Waals surface area contributed by atoms with E-state index in [1.807, 2.05) is 12.1 Å². The number of hydrazine groups is 1. The maximum absolute atomic E-state index is 13.8. The number of hydrogen-bond donors (Lipinski definition) is 3. The number of halogens is 1. The molecule has 24 heavy (non-hydrogen) atoms. The minimum atomic E-state index is -0.162. The van der Waals surface area contributed by atoms with E-state index in [2.05, 4.69) is 32.9 Å². The normalized spacial score (nSPS) is 25.0. The smallest absolute Gasteiger partial charge is 0.238 e. The molecule has 1 aromatic carbocycles. The van der Waals surface area contributed by atoms with Crippen molar-refractivity contribution in [2.75, 3.05) is 44.2 Å². The van der Waals surface area contributed by atoms with Crippen molar-refractivity contribution in [3.8, 4) is 0 Å². The molecule has 1 amide bonds. The van der Waals surface area contributed by atoms with Gasteiger partial charge in [-0.2, -0.15) is 0 Å². The fourth-order valence-electron chi connectivity index (χ4n) is 3.27. The first-order chi connectivity index (χ1) is 11.6. The summed E-state index contributed by atoms with van der Waals surface area (Å²) in [6.45, 7) is 6.89. The lowest BCUT2D eigenvalue weighted by atomic mass is 10.1. The van der Waals surface area contributed by atoms with E-state index in [9.17, 15) is 9.18 Å². The molecule has 7 heteroatoms. The van der Waals surface area contributed by atoms with Crippen molar-refractivity contribution in [2.45, 2.75) is 25.4 Å². The van der Waals surface area contributed by atoms with Crippen molar-refractivity contribution in [3.05, 3.63) is 30.1 Å². The third-order valence-corrected chi connectivity index (χ3v) is 4.70. The van der Waals surface area contributed by atoms with E-state index in [1.54, 1.807) is 6.07 Å². The van der Waals surface area contributed by atoms with Crippen molar-refractivity contribution >= 4 is 11.6 Å². The number of rotatable bonds is 5. The minimum absolute atomic E-state index is 0.0526. The van der Waals surface area contributed by atoms with Gasteiger partial charge in [0.25, 0.3) is 0 Å². The SMILES string of the molecule is CC1CC(C(=O)NCCN2CCN(c3ccccc3F)CC2)NN1. The molecule has 1 aromatic rings. The van der Waals surface area contributed by atoms with Crippen LogP contribution in [-0.4, -0.2) is 62.2 Å². The van der Waals surface area contributed by atoms with E-state index in [0.717, 1.165) is 39.1 Å². The Bertz CT molecular complexity index is 562. The van der Waals surface area contributed by atoms with Gasteiger partial charge < -0.3 is 10.2 Å². The molecule has 0 spiro atoms. The molecule has 3 rings (SSSR count). The van der Waals surface area contributed by atoms with Crippen LogP contribution in [0.25, 0.3) is 0 Å². The monoisotopic (exact) mass is 335 g/mol. The zero-order valence-corrected chi connectivity index (χ0v) is 14.1. The third-order valence-electron chi connectivity index (χ3n) is 4.70. The Kier molecular flexibility index (Phi) is 5.65. The van der Waals surface area contributed by atoms with Gasteiger partial charge in [0.15, 0.2) is 0 Å². The Labute approximate surface area is 142 Å². The van der Waals surface area contributed by atoms with Gasteiger partial charge in [-0.05, 0) is 25.5 Å². The molecule has 0 saturated carbocycles. The van der Waals surface area contributed by atoms with Crippen LogP contribution in [-0.2, 0) is 4.79 Å². The molecule has 2 unspecified atom stereocenters. The number of nitrogens with one attached hydrogen (secondary N) is 3. The number of para-hydroxylation sites is 1. The molecule has 0 bridgehead atoms. The molecule has 2 heterocycles. The zero-order valence-electron chi connectivity index (χ0n) is 14.1. The lowest BCUT2D eigenvalue weighted by Gasteiger charge is -2.36. The number of amides is 1. The highest BCUT2D eigenvalue weighted by Crippen LogP contribution is 2.19. The molecule has 3 N–H and O–H groups in total. The standard InChI is InChI=1S/C17H26FN5O/c1-13-12-15(21-20-13)17(24)19-6-7-22-8-10-23(11-9-22)16-5-3-2-4-14(16)18/h2-5,13,15,20-21H,6-12H2,1H3,(H,19,24). The molecule has 2 atom stereocenters. The predicted octanol–water partition coefficient (Wildman–Crippen LogP) is 0.319. The summed E-state index contributed by atoms with van der Waals surface area (Å²) in [4.78, 5) is 16.4. The average molecular weight is 335 g/mol. The van der Waals surface area contributed by atoms with Crippen molar-refractivity contribution in [1.29, 1.82) is 0 Å². The highest BCUT2D eigenvalue weighted by Gasteiger charge is 2.26. The number of carbonyl (C=O) groups excluding carboxylic acids is 1. The van der Waals surface area contributed by atoms with Crippen LogP contribution in [0.1, 0.15) is 13.3 Å². The van der Waals surface area contributed by atoms with E-state index in [-0.39, 0.29) is 17.8 Å². The molecule has 0 aliphatic carbocycles. The maximum atomic E-state index is 13.8. The quantitative estimate of drug-likeness (QED) is 0.723. The first-order valence-corrected chi connectivity index (χ1v) is 8.64. The minimum Gasteiger partial charge on any atom is -0.367 e. The lowest BCUT2D eigenvalue weighted by Crippen LogP contribution is -2.50. The largest absolute Gasteiger partial charge is 0.367 e. The van der Waals surface area contributed by atoms with Crippen LogP contribution in [0.15, 0.2) is 24.3 Å². The van der Waals surface area contributed by atoms with Gasteiger partial charge in [0, 0.05) is 45.3 Å². The van der Waals surface area contributed by atoms with Crippen molar-refractivity contribution < 1.29 is 9.18 Å². The summed E-state index contributed by atoms with van der Waals surface area (Å²) in [5, 5.41) is 2.99. The van der Waals surface area contributed by atoms with Gasteiger partial charge in [0.1, 0.15) is 11.9 Å². The highest BCUT2D eigenvalue weighted by atomic mass is 19.1. The van der Waals surface area contributed by atoms with Crippen LogP contribution >= 0.6 is 0 Å². The molecule has 2 aliphatic heterocycles. The second-order valence-electron chi connectivity index (χ2n) is 6.55. The molecular weight excluding hydrogens is 309 g/mol. The molecule has 2 aliphatic rings. The van der Waals surface area contributed by atoms with Crippen LogP contribution in [0.5, 0.6) is 0 Å². The average Bonchev–Trinajstić information content (AvgIpc) is 3.03. The summed E-state index contributed by atoms with van der Waals surface area (Å²) >= 11 is 0. The Hall–Kier alpha value is -1.70. The van der Waals surface area contributed by atoms with Crippen molar-refractivity contribution in [1.82, 2.24) is 21.1 Å². The molecule has 132 valence electrons. The van der Waals surface area contributed by atoms with Gasteiger partial charge in [0.05, 0.1) is 5.69 Å². The second-order valence-corrected chi connectivity index (χ2v) is 6.55. The zero-order chi connectivity index (χ0) is 16.9. The third kappa shape index (κ3) is 4.23. The van der Waals surface area contributed by atoms with Gasteiger partial charge in [-0.15, -0.1) is 0 Å². The number of hydrogen-bond acceptors (Lipinski definition) is 5. The van der Waals surface area contributed by atoms with E-state index >= 15 is 0 Å². The van der Waals surface area contributed by atoms with Gasteiger partial charge in [-0.25, -0.2) is 9.82 Å². The summed E-state index contributed by atoms with van der Waals surface area (Å²) in [6, 6.07) is 7.10. The first-order valence-electron chi connectivity index (χ1n) is 8.64. The molecule has 0 aromatic heterocycles. The van der Waals surface area contributed by atoms with Gasteiger partial charge in [-0.3, -0.25) is 15.1 Å². The number of anilines is 1. The fraction of sp³-hybridized carbons (Fsp3) is 0.588. The van der Waals surface area contributed by atoms with Crippen molar-refractivity contribution in [2.24, 2.45) is 0 Å². The molecule has 2 fully saturated rings. The summed E-state index contributed by atoms with van der Waals surface area (Å²) in [6.07, 6.45) is 0.813. The molecular formula is C17H26FN5O. The van der Waals surface area contributed by atoms with Gasteiger partial charge in [-0.1, -0.05) is 12.1 Å². The van der Waals surface area contributed by atoms with E-state index < -0.39 is 0 Å². The topological polar surface area (TPSA) is 59.6 Å². The van der Waals surface area contributed by atoms with Crippen LogP contribution in [0.2, 0.25) is 0 Å². The summed E-state index contributed by atoms with van der Waals surface area (Å²) < 4.78 is 13.8. The Balaban J connectivity index is 1.37. The second kappa shape index (κ2) is 7.92. The number of piperazine rings is 1. The van der Waals surface area contributed by atoms with Crippen LogP contribution in [0.3, 0.4) is 0 Å². The lowest BCUT2D eigenvalue weighted by molar-refractivity contribution is -0.122. The number of benzene rings is 1.